The summed E-state index contributed by atoms with van der Waals surface area (Å²) in [5.74, 6) is -2.02. The smallest absolute Gasteiger partial charge is 0.307 e. The van der Waals surface area contributed by atoms with Crippen molar-refractivity contribution in [1.82, 2.24) is 0 Å². The fourth-order valence-electron chi connectivity index (χ4n) is 1.52. The molecule has 0 saturated heterocycles. The van der Waals surface area contributed by atoms with Crippen LogP contribution in [0.3, 0.4) is 0 Å². The molecule has 0 fully saturated rings. The van der Waals surface area contributed by atoms with E-state index in [-0.39, 0.29) is 18.6 Å². The summed E-state index contributed by atoms with van der Waals surface area (Å²) >= 11 is 0. The third-order valence-corrected chi connectivity index (χ3v) is 2.38. The van der Waals surface area contributed by atoms with Crippen molar-refractivity contribution in [2.24, 2.45) is 5.73 Å². The first-order chi connectivity index (χ1) is 7.97. The van der Waals surface area contributed by atoms with Gasteiger partial charge < -0.3 is 10.5 Å². The molecule has 1 aromatic carbocycles. The molecule has 1 atom stereocenters. The van der Waals surface area contributed by atoms with Crippen LogP contribution in [0.1, 0.15) is 30.5 Å². The molecule has 0 amide bonds. The molecule has 0 unspecified atom stereocenters. The van der Waals surface area contributed by atoms with E-state index in [0.29, 0.717) is 5.56 Å². The second-order valence-electron chi connectivity index (χ2n) is 3.71. The Bertz CT molecular complexity index is 421. The van der Waals surface area contributed by atoms with Crippen molar-refractivity contribution < 1.29 is 18.3 Å². The predicted octanol–water partition coefficient (Wildman–Crippen LogP) is 2.23. The Kier molecular flexibility index (Phi) is 4.57. The number of hydrogen-bond acceptors (Lipinski definition) is 3. The van der Waals surface area contributed by atoms with Gasteiger partial charge in [0.15, 0.2) is 0 Å². The van der Waals surface area contributed by atoms with Crippen LogP contribution in [0.2, 0.25) is 0 Å². The monoisotopic (exact) mass is 243 g/mol. The van der Waals surface area contributed by atoms with Crippen molar-refractivity contribution in [1.29, 1.82) is 0 Å². The van der Waals surface area contributed by atoms with Gasteiger partial charge in [0.1, 0.15) is 11.6 Å². The summed E-state index contributed by atoms with van der Waals surface area (Å²) in [6.45, 7) is 3.37. The van der Waals surface area contributed by atoms with Crippen molar-refractivity contribution in [2.75, 3.05) is 6.61 Å². The van der Waals surface area contributed by atoms with Gasteiger partial charge in [0.2, 0.25) is 0 Å². The van der Waals surface area contributed by atoms with Crippen LogP contribution in [-0.2, 0) is 9.53 Å². The van der Waals surface area contributed by atoms with Crippen molar-refractivity contribution in [3.05, 3.63) is 34.9 Å². The average molecular weight is 243 g/mol. The number of rotatable bonds is 4. The molecule has 1 rings (SSSR count). The molecule has 0 radical (unpaired) electrons. The maximum Gasteiger partial charge on any atom is 0.307 e. The van der Waals surface area contributed by atoms with Crippen LogP contribution in [0.25, 0.3) is 0 Å². The van der Waals surface area contributed by atoms with Gasteiger partial charge in [0.05, 0.1) is 13.0 Å². The highest BCUT2D eigenvalue weighted by atomic mass is 19.1. The Morgan fingerprint density at radius 3 is 2.71 bits per heavy atom. The third kappa shape index (κ3) is 3.23. The standard InChI is InChI=1S/C12H15F2NO2/c1-3-17-10(16)6-9(15)11-8(13)5-4-7(2)12(11)14/h4-5,9H,3,6,15H2,1-2H3/t9-/m1/s1. The van der Waals surface area contributed by atoms with E-state index in [4.69, 9.17) is 5.73 Å². The lowest BCUT2D eigenvalue weighted by atomic mass is 10.0. The van der Waals surface area contributed by atoms with Crippen LogP contribution in [0.15, 0.2) is 12.1 Å². The third-order valence-electron chi connectivity index (χ3n) is 2.38. The van der Waals surface area contributed by atoms with Crippen molar-refractivity contribution in [2.45, 2.75) is 26.3 Å². The molecule has 5 heteroatoms. The number of aryl methyl sites for hydroxylation is 1. The molecule has 0 aromatic heterocycles. The average Bonchev–Trinajstić information content (AvgIpc) is 2.24. The van der Waals surface area contributed by atoms with E-state index in [1.807, 2.05) is 0 Å². The zero-order valence-electron chi connectivity index (χ0n) is 9.80. The summed E-state index contributed by atoms with van der Waals surface area (Å²) in [7, 11) is 0. The molecule has 0 spiro atoms. The van der Waals surface area contributed by atoms with Gasteiger partial charge in [-0.1, -0.05) is 6.07 Å². The largest absolute Gasteiger partial charge is 0.466 e. The second kappa shape index (κ2) is 5.72. The molecule has 1 aromatic rings. The number of halogens is 2. The predicted molar refractivity (Wildman–Crippen MR) is 59.3 cm³/mol. The molecule has 0 aliphatic carbocycles. The highest BCUT2D eigenvalue weighted by Gasteiger charge is 2.21. The van der Waals surface area contributed by atoms with Crippen molar-refractivity contribution in [3.63, 3.8) is 0 Å². The van der Waals surface area contributed by atoms with Crippen LogP contribution < -0.4 is 5.73 Å². The lowest BCUT2D eigenvalue weighted by molar-refractivity contribution is -0.143. The summed E-state index contributed by atoms with van der Waals surface area (Å²) in [5, 5.41) is 0. The van der Waals surface area contributed by atoms with E-state index in [2.05, 4.69) is 4.74 Å². The Morgan fingerprint density at radius 1 is 1.47 bits per heavy atom. The summed E-state index contributed by atoms with van der Waals surface area (Å²) in [6.07, 6.45) is -0.245. The first-order valence-corrected chi connectivity index (χ1v) is 5.33. The number of esters is 1. The Morgan fingerprint density at radius 2 is 2.12 bits per heavy atom. The number of ether oxygens (including phenoxy) is 1. The van der Waals surface area contributed by atoms with E-state index in [1.54, 1.807) is 6.92 Å². The fourth-order valence-corrected chi connectivity index (χ4v) is 1.52. The Balaban J connectivity index is 2.92. The van der Waals surface area contributed by atoms with Crippen LogP contribution in [0.4, 0.5) is 8.78 Å². The molecule has 3 nitrogen and oxygen atoms in total. The number of carbonyl (C=O) groups is 1. The van der Waals surface area contributed by atoms with Gasteiger partial charge in [-0.2, -0.15) is 0 Å². The van der Waals surface area contributed by atoms with Crippen LogP contribution in [0.5, 0.6) is 0 Å². The SMILES string of the molecule is CCOC(=O)C[C@@H](N)c1c(F)ccc(C)c1F. The first-order valence-electron chi connectivity index (χ1n) is 5.33. The normalized spacial score (nSPS) is 12.3. The summed E-state index contributed by atoms with van der Waals surface area (Å²) < 4.78 is 31.8. The number of benzene rings is 1. The highest BCUT2D eigenvalue weighted by Crippen LogP contribution is 2.24. The van der Waals surface area contributed by atoms with Gasteiger partial charge in [0.25, 0.3) is 0 Å². The van der Waals surface area contributed by atoms with Crippen molar-refractivity contribution >= 4 is 5.97 Å². The number of hydrogen-bond donors (Lipinski definition) is 1. The van der Waals surface area contributed by atoms with Gasteiger partial charge >= 0.3 is 5.97 Å². The van der Waals surface area contributed by atoms with E-state index in [9.17, 15) is 13.6 Å². The molecule has 2 N–H and O–H groups in total. The summed E-state index contributed by atoms with van der Waals surface area (Å²) in [5.41, 5.74) is 5.64. The van der Waals surface area contributed by atoms with E-state index in [1.165, 1.54) is 13.0 Å². The van der Waals surface area contributed by atoms with Gasteiger partial charge in [-0.3, -0.25) is 4.79 Å². The molecular formula is C12H15F2NO2. The molecule has 0 aliphatic heterocycles. The van der Waals surface area contributed by atoms with Crippen molar-refractivity contribution in [3.8, 4) is 0 Å². The second-order valence-corrected chi connectivity index (χ2v) is 3.71. The summed E-state index contributed by atoms with van der Waals surface area (Å²) in [4.78, 5) is 11.2. The van der Waals surface area contributed by atoms with Crippen LogP contribution >= 0.6 is 0 Å². The lowest BCUT2D eigenvalue weighted by Gasteiger charge is -2.14. The molecule has 0 bridgehead atoms. The number of nitrogens with two attached hydrogens (primary N) is 1. The zero-order chi connectivity index (χ0) is 13.0. The van der Waals surface area contributed by atoms with Gasteiger partial charge in [-0.05, 0) is 25.5 Å². The van der Waals surface area contributed by atoms with E-state index < -0.39 is 23.6 Å². The zero-order valence-corrected chi connectivity index (χ0v) is 9.80. The van der Waals surface area contributed by atoms with Gasteiger partial charge in [-0.15, -0.1) is 0 Å². The first kappa shape index (κ1) is 13.6. The Labute approximate surface area is 98.6 Å². The number of carbonyl (C=O) groups excluding carboxylic acids is 1. The van der Waals surface area contributed by atoms with Crippen LogP contribution in [-0.4, -0.2) is 12.6 Å². The van der Waals surface area contributed by atoms with Crippen LogP contribution in [0, 0.1) is 18.6 Å². The van der Waals surface area contributed by atoms with E-state index in [0.717, 1.165) is 6.07 Å². The molecule has 0 aliphatic rings. The minimum absolute atomic E-state index is 0.213. The maximum atomic E-state index is 13.7. The molecule has 0 saturated carbocycles. The summed E-state index contributed by atoms with van der Waals surface area (Å²) in [6, 6.07) is 1.43. The quantitative estimate of drug-likeness (QED) is 0.825. The topological polar surface area (TPSA) is 52.3 Å². The van der Waals surface area contributed by atoms with Gasteiger partial charge in [0, 0.05) is 11.6 Å². The van der Waals surface area contributed by atoms with Gasteiger partial charge in [-0.25, -0.2) is 8.78 Å². The minimum Gasteiger partial charge on any atom is -0.466 e. The highest BCUT2D eigenvalue weighted by molar-refractivity contribution is 5.70. The maximum absolute atomic E-state index is 13.7. The molecular weight excluding hydrogens is 228 g/mol. The molecule has 0 heterocycles. The Hall–Kier alpha value is -1.49. The molecule has 17 heavy (non-hydrogen) atoms. The van der Waals surface area contributed by atoms with E-state index >= 15 is 0 Å². The fraction of sp³-hybridized carbons (Fsp3) is 0.417. The molecule has 94 valence electrons. The lowest BCUT2D eigenvalue weighted by Crippen LogP contribution is -2.20. The minimum atomic E-state index is -1.03.